The van der Waals surface area contributed by atoms with Gasteiger partial charge in [-0.3, -0.25) is 14.9 Å². The maximum Gasteiger partial charge on any atom is 0.324 e. The van der Waals surface area contributed by atoms with Crippen molar-refractivity contribution in [1.29, 1.82) is 0 Å². The molecule has 2 atom stereocenters. The number of carboxylic acids is 1. The monoisotopic (exact) mass is 346 g/mol. The number of sulfonamides is 1. The maximum atomic E-state index is 13.7. The van der Waals surface area contributed by atoms with Gasteiger partial charge >= 0.3 is 11.7 Å². The molecule has 23 heavy (non-hydrogen) atoms. The van der Waals surface area contributed by atoms with Crippen LogP contribution in [0.3, 0.4) is 0 Å². The van der Waals surface area contributed by atoms with E-state index in [1.807, 2.05) is 0 Å². The number of piperidine rings is 1. The molecule has 1 aliphatic rings. The summed E-state index contributed by atoms with van der Waals surface area (Å²) < 4.78 is 39.8. The first-order chi connectivity index (χ1) is 10.6. The summed E-state index contributed by atoms with van der Waals surface area (Å²) in [7, 11) is -4.37. The fraction of sp³-hybridized carbons (Fsp3) is 0.462. The van der Waals surface area contributed by atoms with Crippen molar-refractivity contribution < 1.29 is 27.6 Å². The Balaban J connectivity index is 2.48. The Labute approximate surface area is 131 Å². The number of rotatable bonds is 4. The highest BCUT2D eigenvalue weighted by Crippen LogP contribution is 2.32. The first-order valence-corrected chi connectivity index (χ1v) is 8.24. The molecule has 1 saturated heterocycles. The van der Waals surface area contributed by atoms with Crippen molar-refractivity contribution in [2.75, 3.05) is 13.1 Å². The lowest BCUT2D eigenvalue weighted by atomic mass is 9.92. The predicted octanol–water partition coefficient (Wildman–Crippen LogP) is 1.47. The van der Waals surface area contributed by atoms with Crippen LogP contribution in [0.15, 0.2) is 23.1 Å². The molecule has 0 amide bonds. The molecule has 10 heteroatoms. The summed E-state index contributed by atoms with van der Waals surface area (Å²) in [5, 5.41) is 20.1. The second-order valence-electron chi connectivity index (χ2n) is 5.54. The molecule has 0 saturated carbocycles. The Morgan fingerprint density at radius 3 is 2.65 bits per heavy atom. The van der Waals surface area contributed by atoms with Crippen LogP contribution in [0.4, 0.5) is 10.1 Å². The molecule has 0 aromatic heterocycles. The quantitative estimate of drug-likeness (QED) is 0.651. The van der Waals surface area contributed by atoms with Crippen LogP contribution in [-0.4, -0.2) is 41.8 Å². The molecule has 1 aromatic rings. The van der Waals surface area contributed by atoms with Crippen LogP contribution < -0.4 is 0 Å². The minimum atomic E-state index is -4.37. The molecule has 0 radical (unpaired) electrons. The Hall–Kier alpha value is -2.07. The van der Waals surface area contributed by atoms with Crippen LogP contribution in [-0.2, 0) is 14.8 Å². The molecular weight excluding hydrogens is 331 g/mol. The van der Waals surface area contributed by atoms with E-state index in [4.69, 9.17) is 5.11 Å². The highest BCUT2D eigenvalue weighted by molar-refractivity contribution is 7.89. The lowest BCUT2D eigenvalue weighted by Crippen LogP contribution is -2.45. The fourth-order valence-electron chi connectivity index (χ4n) is 2.70. The number of carboxylic acid groups (broad SMARTS) is 1. The zero-order valence-electron chi connectivity index (χ0n) is 12.2. The lowest BCUT2D eigenvalue weighted by Gasteiger charge is -2.33. The minimum absolute atomic E-state index is 0.0276. The normalized spacial score (nSPS) is 22.7. The lowest BCUT2D eigenvalue weighted by molar-refractivity contribution is -0.390. The molecule has 8 nitrogen and oxygen atoms in total. The Kier molecular flexibility index (Phi) is 4.66. The maximum absolute atomic E-state index is 13.7. The van der Waals surface area contributed by atoms with Gasteiger partial charge in [0.1, 0.15) is 0 Å². The molecule has 2 rings (SSSR count). The Bertz CT molecular complexity index is 751. The van der Waals surface area contributed by atoms with Gasteiger partial charge in [-0.05, 0) is 24.5 Å². The third-order valence-electron chi connectivity index (χ3n) is 3.73. The highest BCUT2D eigenvalue weighted by Gasteiger charge is 2.39. The first-order valence-electron chi connectivity index (χ1n) is 6.80. The Morgan fingerprint density at radius 1 is 1.43 bits per heavy atom. The van der Waals surface area contributed by atoms with Gasteiger partial charge < -0.3 is 5.11 Å². The number of carbonyl (C=O) groups is 1. The van der Waals surface area contributed by atoms with E-state index < -0.39 is 43.2 Å². The average Bonchev–Trinajstić information content (AvgIpc) is 2.45. The van der Waals surface area contributed by atoms with Crippen molar-refractivity contribution in [3.8, 4) is 0 Å². The van der Waals surface area contributed by atoms with E-state index in [0.29, 0.717) is 6.42 Å². The molecule has 1 aromatic carbocycles. The number of nitrogens with zero attached hydrogens (tertiary/aromatic N) is 2. The molecular formula is C13H15FN2O6S. The molecule has 0 aliphatic carbocycles. The number of aliphatic carboxylic acids is 1. The number of hydrogen-bond donors (Lipinski definition) is 1. The summed E-state index contributed by atoms with van der Waals surface area (Å²) in [6, 6.07) is 2.82. The van der Waals surface area contributed by atoms with Crippen LogP contribution in [0, 0.1) is 27.8 Å². The van der Waals surface area contributed by atoms with Crippen molar-refractivity contribution in [3.05, 3.63) is 34.1 Å². The third-order valence-corrected chi connectivity index (χ3v) is 5.59. The standard InChI is InChI=1S/C13H15FN2O6S/c1-8-5-9(13(17)18)7-15(6-8)23(21,22)11-4-2-3-10(14)12(11)16(19)20/h2-4,8-9H,5-7H2,1H3,(H,17,18). The van der Waals surface area contributed by atoms with Gasteiger partial charge in [0.05, 0.1) is 10.8 Å². The van der Waals surface area contributed by atoms with Crippen LogP contribution in [0.5, 0.6) is 0 Å². The van der Waals surface area contributed by atoms with E-state index in [-0.39, 0.29) is 19.0 Å². The number of benzene rings is 1. The van der Waals surface area contributed by atoms with Crippen molar-refractivity contribution in [3.63, 3.8) is 0 Å². The van der Waals surface area contributed by atoms with Gasteiger partial charge in [0.25, 0.3) is 0 Å². The summed E-state index contributed by atoms with van der Waals surface area (Å²) >= 11 is 0. The van der Waals surface area contributed by atoms with Gasteiger partial charge in [0.15, 0.2) is 4.90 Å². The van der Waals surface area contributed by atoms with Crippen molar-refractivity contribution in [2.24, 2.45) is 11.8 Å². The number of hydrogen-bond acceptors (Lipinski definition) is 5. The first kappa shape index (κ1) is 17.3. The molecule has 0 spiro atoms. The van der Waals surface area contributed by atoms with E-state index >= 15 is 0 Å². The fourth-order valence-corrected chi connectivity index (χ4v) is 4.47. The van der Waals surface area contributed by atoms with E-state index in [1.54, 1.807) is 6.92 Å². The van der Waals surface area contributed by atoms with Gasteiger partial charge in [-0.25, -0.2) is 8.42 Å². The largest absolute Gasteiger partial charge is 0.481 e. The summed E-state index contributed by atoms with van der Waals surface area (Å²) in [5.74, 6) is -3.52. The SMILES string of the molecule is CC1CC(C(=O)O)CN(S(=O)(=O)c2cccc(F)c2[N+](=O)[O-])C1. The van der Waals surface area contributed by atoms with Gasteiger partial charge in [0.2, 0.25) is 15.8 Å². The van der Waals surface area contributed by atoms with Crippen molar-refractivity contribution >= 4 is 21.7 Å². The van der Waals surface area contributed by atoms with Crippen LogP contribution in [0.2, 0.25) is 0 Å². The topological polar surface area (TPSA) is 118 Å². The second-order valence-corrected chi connectivity index (χ2v) is 7.45. The van der Waals surface area contributed by atoms with Crippen molar-refractivity contribution in [2.45, 2.75) is 18.2 Å². The molecule has 1 fully saturated rings. The molecule has 2 unspecified atom stereocenters. The predicted molar refractivity (Wildman–Crippen MR) is 76.7 cm³/mol. The summed E-state index contributed by atoms with van der Waals surface area (Å²) in [6.45, 7) is 1.42. The van der Waals surface area contributed by atoms with E-state index in [0.717, 1.165) is 22.5 Å². The zero-order chi connectivity index (χ0) is 17.4. The highest BCUT2D eigenvalue weighted by atomic mass is 32.2. The van der Waals surface area contributed by atoms with Gasteiger partial charge in [-0.2, -0.15) is 8.70 Å². The number of nitro benzene ring substituents is 1. The van der Waals surface area contributed by atoms with Crippen LogP contribution in [0.1, 0.15) is 13.3 Å². The number of nitro groups is 1. The summed E-state index contributed by atoms with van der Waals surface area (Å²) in [4.78, 5) is 20.3. The average molecular weight is 346 g/mol. The second kappa shape index (κ2) is 6.20. The van der Waals surface area contributed by atoms with Gasteiger partial charge in [0, 0.05) is 13.1 Å². The molecule has 1 aliphatic heterocycles. The van der Waals surface area contributed by atoms with E-state index in [9.17, 15) is 27.7 Å². The zero-order valence-corrected chi connectivity index (χ0v) is 13.0. The smallest absolute Gasteiger partial charge is 0.324 e. The van der Waals surface area contributed by atoms with Crippen LogP contribution in [0.25, 0.3) is 0 Å². The molecule has 0 bridgehead atoms. The van der Waals surface area contributed by atoms with Crippen molar-refractivity contribution in [1.82, 2.24) is 4.31 Å². The Morgan fingerprint density at radius 2 is 2.09 bits per heavy atom. The molecule has 126 valence electrons. The summed E-state index contributed by atoms with van der Waals surface area (Å²) in [5.41, 5.74) is -1.13. The minimum Gasteiger partial charge on any atom is -0.481 e. The summed E-state index contributed by atoms with van der Waals surface area (Å²) in [6.07, 6.45) is 0.312. The van der Waals surface area contributed by atoms with Gasteiger partial charge in [-0.1, -0.05) is 13.0 Å². The third kappa shape index (κ3) is 3.32. The van der Waals surface area contributed by atoms with E-state index in [1.165, 1.54) is 0 Å². The van der Waals surface area contributed by atoms with Crippen LogP contribution >= 0.6 is 0 Å². The molecule has 1 N–H and O–H groups in total. The molecule has 1 heterocycles. The number of halogens is 1. The van der Waals surface area contributed by atoms with E-state index in [2.05, 4.69) is 0 Å². The number of para-hydroxylation sites is 1. The van der Waals surface area contributed by atoms with Gasteiger partial charge in [-0.15, -0.1) is 0 Å².